The van der Waals surface area contributed by atoms with Crippen LogP contribution in [0.25, 0.3) is 11.1 Å². The third kappa shape index (κ3) is 2.38. The van der Waals surface area contributed by atoms with Crippen LogP contribution in [0.15, 0.2) is 40.9 Å². The van der Waals surface area contributed by atoms with Gasteiger partial charge in [0.2, 0.25) is 0 Å². The Bertz CT molecular complexity index is 576. The van der Waals surface area contributed by atoms with Crippen molar-refractivity contribution in [3.63, 3.8) is 0 Å². The molecule has 18 heavy (non-hydrogen) atoms. The normalized spacial score (nSPS) is 10.1. The lowest BCUT2D eigenvalue weighted by atomic mass is 9.99. The van der Waals surface area contributed by atoms with Crippen LogP contribution in [0.1, 0.15) is 10.4 Å². The number of aldehydes is 1. The second-order valence-electron chi connectivity index (χ2n) is 3.74. The van der Waals surface area contributed by atoms with Crippen LogP contribution in [0, 0.1) is 0 Å². The molecule has 2 aromatic carbocycles. The number of hydrogen-bond acceptors (Lipinski definition) is 3. The quantitative estimate of drug-likeness (QED) is 0.881. The van der Waals surface area contributed by atoms with E-state index in [1.807, 2.05) is 24.3 Å². The first-order chi connectivity index (χ1) is 8.65. The molecular formula is C14H11BrO3. The summed E-state index contributed by atoms with van der Waals surface area (Å²) in [6.07, 6.45) is 0.719. The molecule has 0 aliphatic rings. The van der Waals surface area contributed by atoms with Crippen LogP contribution in [-0.4, -0.2) is 18.5 Å². The summed E-state index contributed by atoms with van der Waals surface area (Å²) in [7, 11) is 1.47. The molecule has 92 valence electrons. The summed E-state index contributed by atoms with van der Waals surface area (Å²) < 4.78 is 6.02. The Hall–Kier alpha value is -1.81. The Kier molecular flexibility index (Phi) is 3.67. The maximum atomic E-state index is 11.1. The first-order valence-corrected chi connectivity index (χ1v) is 6.07. The van der Waals surface area contributed by atoms with Crippen molar-refractivity contribution >= 4 is 22.2 Å². The minimum Gasteiger partial charge on any atom is -0.504 e. The predicted octanol–water partition coefficient (Wildman–Crippen LogP) is 3.64. The van der Waals surface area contributed by atoms with Crippen LogP contribution in [-0.2, 0) is 0 Å². The van der Waals surface area contributed by atoms with Gasteiger partial charge in [0.05, 0.1) is 7.11 Å². The Labute approximate surface area is 113 Å². The van der Waals surface area contributed by atoms with Crippen molar-refractivity contribution in [2.24, 2.45) is 0 Å². The number of rotatable bonds is 3. The molecule has 0 amide bonds. The molecule has 0 unspecified atom stereocenters. The molecule has 0 saturated carbocycles. The highest BCUT2D eigenvalue weighted by atomic mass is 79.9. The van der Waals surface area contributed by atoms with Gasteiger partial charge in [-0.1, -0.05) is 28.1 Å². The van der Waals surface area contributed by atoms with Crippen LogP contribution >= 0.6 is 15.9 Å². The van der Waals surface area contributed by atoms with E-state index < -0.39 is 0 Å². The number of carbonyl (C=O) groups excluding carboxylic acids is 1. The average Bonchev–Trinajstić information content (AvgIpc) is 2.39. The van der Waals surface area contributed by atoms with Gasteiger partial charge >= 0.3 is 0 Å². The predicted molar refractivity (Wildman–Crippen MR) is 73.2 cm³/mol. The molecule has 0 aliphatic heterocycles. The van der Waals surface area contributed by atoms with Crippen molar-refractivity contribution in [1.82, 2.24) is 0 Å². The molecule has 0 aliphatic carbocycles. The Morgan fingerprint density at radius 2 is 1.89 bits per heavy atom. The van der Waals surface area contributed by atoms with Crippen molar-refractivity contribution < 1.29 is 14.6 Å². The number of methoxy groups -OCH3 is 1. The number of phenolic OH excluding ortho intramolecular Hbond substituents is 1. The summed E-state index contributed by atoms with van der Waals surface area (Å²) in [5.41, 5.74) is 2.04. The number of phenols is 1. The molecule has 4 heteroatoms. The highest BCUT2D eigenvalue weighted by Crippen LogP contribution is 2.34. The molecule has 0 bridgehead atoms. The van der Waals surface area contributed by atoms with E-state index in [2.05, 4.69) is 15.9 Å². The summed E-state index contributed by atoms with van der Waals surface area (Å²) in [4.78, 5) is 11.1. The summed E-state index contributed by atoms with van der Waals surface area (Å²) in [6, 6.07) is 10.6. The zero-order chi connectivity index (χ0) is 13.1. The zero-order valence-electron chi connectivity index (χ0n) is 9.68. The van der Waals surface area contributed by atoms with Crippen molar-refractivity contribution in [2.45, 2.75) is 0 Å². The van der Waals surface area contributed by atoms with Gasteiger partial charge in [-0.15, -0.1) is 0 Å². The van der Waals surface area contributed by atoms with Crippen LogP contribution in [0.2, 0.25) is 0 Å². The highest BCUT2D eigenvalue weighted by molar-refractivity contribution is 9.10. The lowest BCUT2D eigenvalue weighted by Crippen LogP contribution is -1.91. The molecule has 0 radical (unpaired) electrons. The van der Waals surface area contributed by atoms with Gasteiger partial charge in [-0.2, -0.15) is 0 Å². The lowest BCUT2D eigenvalue weighted by Gasteiger charge is -2.10. The van der Waals surface area contributed by atoms with Gasteiger partial charge in [0, 0.05) is 10.0 Å². The SMILES string of the molecule is COc1cc(-c2ccc(Br)cc2)c(C=O)cc1O. The largest absolute Gasteiger partial charge is 0.504 e. The van der Waals surface area contributed by atoms with Crippen molar-refractivity contribution in [3.05, 3.63) is 46.4 Å². The summed E-state index contributed by atoms with van der Waals surface area (Å²) >= 11 is 3.36. The molecule has 3 nitrogen and oxygen atoms in total. The number of benzene rings is 2. The first-order valence-electron chi connectivity index (χ1n) is 5.28. The fourth-order valence-corrected chi connectivity index (χ4v) is 1.99. The molecule has 2 rings (SSSR count). The third-order valence-electron chi connectivity index (χ3n) is 2.63. The maximum Gasteiger partial charge on any atom is 0.161 e. The second-order valence-corrected chi connectivity index (χ2v) is 4.65. The molecule has 2 aromatic rings. The van der Waals surface area contributed by atoms with Gasteiger partial charge < -0.3 is 9.84 Å². The lowest BCUT2D eigenvalue weighted by molar-refractivity contribution is 0.112. The zero-order valence-corrected chi connectivity index (χ0v) is 11.3. The van der Waals surface area contributed by atoms with Gasteiger partial charge in [0.15, 0.2) is 17.8 Å². The van der Waals surface area contributed by atoms with E-state index in [1.165, 1.54) is 13.2 Å². The number of carbonyl (C=O) groups is 1. The third-order valence-corrected chi connectivity index (χ3v) is 3.16. The van der Waals surface area contributed by atoms with E-state index in [9.17, 15) is 9.90 Å². The minimum atomic E-state index is -0.0412. The van der Waals surface area contributed by atoms with Crippen molar-refractivity contribution in [3.8, 4) is 22.6 Å². The van der Waals surface area contributed by atoms with Crippen LogP contribution in [0.4, 0.5) is 0 Å². The fourth-order valence-electron chi connectivity index (χ4n) is 1.72. The monoisotopic (exact) mass is 306 g/mol. The topological polar surface area (TPSA) is 46.5 Å². The van der Waals surface area contributed by atoms with E-state index in [-0.39, 0.29) is 5.75 Å². The van der Waals surface area contributed by atoms with E-state index >= 15 is 0 Å². The van der Waals surface area contributed by atoms with Crippen molar-refractivity contribution in [1.29, 1.82) is 0 Å². The number of aromatic hydroxyl groups is 1. The molecule has 0 heterocycles. The van der Waals surface area contributed by atoms with Crippen molar-refractivity contribution in [2.75, 3.05) is 7.11 Å². The highest BCUT2D eigenvalue weighted by Gasteiger charge is 2.11. The van der Waals surface area contributed by atoms with E-state index in [1.54, 1.807) is 6.07 Å². The second kappa shape index (κ2) is 5.23. The van der Waals surface area contributed by atoms with Gasteiger partial charge in [0.1, 0.15) is 0 Å². The number of halogens is 1. The molecular weight excluding hydrogens is 296 g/mol. The van der Waals surface area contributed by atoms with Gasteiger partial charge in [-0.25, -0.2) is 0 Å². The minimum absolute atomic E-state index is 0.0412. The van der Waals surface area contributed by atoms with E-state index in [4.69, 9.17) is 4.74 Å². The van der Waals surface area contributed by atoms with E-state index in [0.29, 0.717) is 11.3 Å². The molecule has 0 atom stereocenters. The average molecular weight is 307 g/mol. The summed E-state index contributed by atoms with van der Waals surface area (Å²) in [6.45, 7) is 0. The summed E-state index contributed by atoms with van der Waals surface area (Å²) in [5.74, 6) is 0.305. The smallest absolute Gasteiger partial charge is 0.161 e. The van der Waals surface area contributed by atoms with Gasteiger partial charge in [-0.05, 0) is 35.4 Å². The molecule has 0 spiro atoms. The Morgan fingerprint density at radius 3 is 2.44 bits per heavy atom. The van der Waals surface area contributed by atoms with Crippen LogP contribution < -0.4 is 4.74 Å². The molecule has 0 aromatic heterocycles. The maximum absolute atomic E-state index is 11.1. The number of hydrogen-bond donors (Lipinski definition) is 1. The van der Waals surface area contributed by atoms with Gasteiger partial charge in [-0.3, -0.25) is 4.79 Å². The molecule has 1 N–H and O–H groups in total. The van der Waals surface area contributed by atoms with E-state index in [0.717, 1.165) is 21.9 Å². The van der Waals surface area contributed by atoms with Crippen LogP contribution in [0.5, 0.6) is 11.5 Å². The fraction of sp³-hybridized carbons (Fsp3) is 0.0714. The number of ether oxygens (including phenoxy) is 1. The van der Waals surface area contributed by atoms with Crippen LogP contribution in [0.3, 0.4) is 0 Å². The Morgan fingerprint density at radius 1 is 1.22 bits per heavy atom. The molecule has 0 saturated heterocycles. The standard InChI is InChI=1S/C14H11BrO3/c1-18-14-7-12(10(8-16)6-13(14)17)9-2-4-11(15)5-3-9/h2-8,17H,1H3. The summed E-state index contributed by atoms with van der Waals surface area (Å²) in [5, 5.41) is 9.65. The van der Waals surface area contributed by atoms with Gasteiger partial charge in [0.25, 0.3) is 0 Å². The Balaban J connectivity index is 2.61. The first kappa shape index (κ1) is 12.6. The molecule has 0 fully saturated rings.